The average molecular weight is 202 g/mol. The Balaban J connectivity index is 3.44. The van der Waals surface area contributed by atoms with Crippen molar-refractivity contribution in [3.63, 3.8) is 0 Å². The number of nitrogen functional groups attached to an aromatic ring is 1. The van der Waals surface area contributed by atoms with Crippen LogP contribution in [0.2, 0.25) is 0 Å². The molecule has 0 aliphatic heterocycles. The van der Waals surface area contributed by atoms with E-state index in [1.54, 1.807) is 0 Å². The van der Waals surface area contributed by atoms with Crippen molar-refractivity contribution >= 4 is 24.4 Å². The predicted molar refractivity (Wildman–Crippen MR) is 49.7 cm³/mol. The number of hydrogen-bond donors (Lipinski definition) is 1. The van der Waals surface area contributed by atoms with Crippen molar-refractivity contribution in [2.45, 2.75) is 6.92 Å². The molecule has 1 aromatic carbocycles. The Morgan fingerprint density at radius 1 is 1.36 bits per heavy atom. The highest BCUT2D eigenvalue weighted by atomic mass is 19.4. The number of nitrogens with two attached hydrogens (primary N) is 1. The van der Waals surface area contributed by atoms with E-state index in [1.807, 2.05) is 0 Å². The number of rotatable bonds is 2. The van der Waals surface area contributed by atoms with Crippen molar-refractivity contribution in [3.05, 3.63) is 23.3 Å². The van der Waals surface area contributed by atoms with Crippen molar-refractivity contribution in [2.75, 3.05) is 5.73 Å². The van der Waals surface area contributed by atoms with Gasteiger partial charge in [0, 0.05) is 11.3 Å². The Labute approximate surface area is 79.0 Å². The lowest BCUT2D eigenvalue weighted by atomic mass is 9.75. The van der Waals surface area contributed by atoms with Gasteiger partial charge in [-0.3, -0.25) is 4.79 Å². The monoisotopic (exact) mass is 202 g/mol. The standard InChI is InChI=1S/C8H8BF3NO/c1-5-6(4-14)2-7(13)3-8(5)9(10,11)12/h2-4H,13H2,1H3/q-1. The van der Waals surface area contributed by atoms with Crippen LogP contribution in [0, 0.1) is 6.92 Å². The molecule has 2 nitrogen and oxygen atoms in total. The summed E-state index contributed by atoms with van der Waals surface area (Å²) in [6.07, 6.45) is 0.372. The molecule has 0 aromatic heterocycles. The van der Waals surface area contributed by atoms with Crippen LogP contribution in [0.1, 0.15) is 15.9 Å². The molecule has 0 heterocycles. The van der Waals surface area contributed by atoms with Gasteiger partial charge < -0.3 is 18.7 Å². The second-order valence-electron chi connectivity index (χ2n) is 3.02. The van der Waals surface area contributed by atoms with E-state index in [0.29, 0.717) is 6.29 Å². The van der Waals surface area contributed by atoms with Crippen LogP contribution in [0.5, 0.6) is 0 Å². The molecule has 1 aromatic rings. The molecule has 1 rings (SSSR count). The second kappa shape index (κ2) is 3.36. The van der Waals surface area contributed by atoms with Gasteiger partial charge >= 0.3 is 6.98 Å². The molecule has 0 saturated heterocycles. The van der Waals surface area contributed by atoms with E-state index < -0.39 is 12.4 Å². The number of benzene rings is 1. The van der Waals surface area contributed by atoms with E-state index in [0.717, 1.165) is 6.07 Å². The molecular weight excluding hydrogens is 194 g/mol. The van der Waals surface area contributed by atoms with Crippen molar-refractivity contribution in [1.29, 1.82) is 0 Å². The molecule has 0 aliphatic rings. The fourth-order valence-electron chi connectivity index (χ4n) is 1.25. The average Bonchev–Trinajstić information content (AvgIpc) is 2.06. The van der Waals surface area contributed by atoms with E-state index >= 15 is 0 Å². The van der Waals surface area contributed by atoms with Crippen LogP contribution in [0.25, 0.3) is 0 Å². The SMILES string of the molecule is Cc1c(C=O)cc(N)cc1[B-](F)(F)F. The summed E-state index contributed by atoms with van der Waals surface area (Å²) in [5.74, 6) is 0. The van der Waals surface area contributed by atoms with Crippen LogP contribution in [-0.4, -0.2) is 13.3 Å². The molecule has 76 valence electrons. The number of hydrogen-bond acceptors (Lipinski definition) is 2. The van der Waals surface area contributed by atoms with Crippen LogP contribution < -0.4 is 11.2 Å². The number of aldehydes is 1. The van der Waals surface area contributed by atoms with Crippen LogP contribution in [0.3, 0.4) is 0 Å². The first-order chi connectivity index (χ1) is 6.36. The fraction of sp³-hybridized carbons (Fsp3) is 0.125. The second-order valence-corrected chi connectivity index (χ2v) is 3.02. The molecule has 0 aliphatic carbocycles. The predicted octanol–water partition coefficient (Wildman–Crippen LogP) is 1.44. The van der Waals surface area contributed by atoms with Crippen molar-refractivity contribution < 1.29 is 17.7 Å². The number of carbonyl (C=O) groups excluding carboxylic acids is 1. The zero-order chi connectivity index (χ0) is 10.9. The number of anilines is 1. The molecule has 0 amide bonds. The van der Waals surface area contributed by atoms with Gasteiger partial charge in [0.25, 0.3) is 0 Å². The molecule has 0 bridgehead atoms. The van der Waals surface area contributed by atoms with Crippen LogP contribution in [0.15, 0.2) is 12.1 Å². The molecule has 6 heteroatoms. The third-order valence-corrected chi connectivity index (χ3v) is 1.99. The first-order valence-electron chi connectivity index (χ1n) is 3.91. The van der Waals surface area contributed by atoms with Gasteiger partial charge in [-0.2, -0.15) is 0 Å². The third-order valence-electron chi connectivity index (χ3n) is 1.99. The largest absolute Gasteiger partial charge is 0.509 e. The van der Waals surface area contributed by atoms with Crippen molar-refractivity contribution in [3.8, 4) is 0 Å². The van der Waals surface area contributed by atoms with Gasteiger partial charge in [-0.1, -0.05) is 11.6 Å². The van der Waals surface area contributed by atoms with Gasteiger partial charge in [0.2, 0.25) is 0 Å². The summed E-state index contributed by atoms with van der Waals surface area (Å²) in [4.78, 5) is 10.4. The molecule has 2 N–H and O–H groups in total. The normalized spacial score (nSPS) is 11.4. The van der Waals surface area contributed by atoms with Gasteiger partial charge in [0.05, 0.1) is 0 Å². The summed E-state index contributed by atoms with van der Waals surface area (Å²) in [6.45, 7) is -3.86. The van der Waals surface area contributed by atoms with Gasteiger partial charge in [0.1, 0.15) is 6.29 Å². The summed E-state index contributed by atoms with van der Waals surface area (Å²) in [5, 5.41) is 0. The van der Waals surface area contributed by atoms with Gasteiger partial charge in [-0.25, -0.2) is 0 Å². The zero-order valence-corrected chi connectivity index (χ0v) is 7.43. The van der Waals surface area contributed by atoms with Gasteiger partial charge in [0.15, 0.2) is 0 Å². The highest BCUT2D eigenvalue weighted by molar-refractivity contribution is 6.74. The maximum atomic E-state index is 12.4. The van der Waals surface area contributed by atoms with Crippen molar-refractivity contribution in [1.82, 2.24) is 0 Å². The Morgan fingerprint density at radius 2 is 1.93 bits per heavy atom. The molecule has 0 fully saturated rings. The molecule has 0 atom stereocenters. The first kappa shape index (κ1) is 10.6. The highest BCUT2D eigenvalue weighted by Crippen LogP contribution is 2.17. The number of carbonyl (C=O) groups is 1. The number of halogens is 3. The van der Waals surface area contributed by atoms with Crippen LogP contribution in [0.4, 0.5) is 18.6 Å². The minimum atomic E-state index is -5.11. The minimum Gasteiger partial charge on any atom is -0.445 e. The quantitative estimate of drug-likeness (QED) is 0.448. The lowest BCUT2D eigenvalue weighted by molar-refractivity contribution is 0.112. The van der Waals surface area contributed by atoms with Crippen LogP contribution >= 0.6 is 0 Å². The van der Waals surface area contributed by atoms with E-state index in [1.165, 1.54) is 13.0 Å². The lowest BCUT2D eigenvalue weighted by Gasteiger charge is -2.19. The van der Waals surface area contributed by atoms with E-state index in [4.69, 9.17) is 5.73 Å². The van der Waals surface area contributed by atoms with Crippen LogP contribution in [-0.2, 0) is 0 Å². The lowest BCUT2D eigenvalue weighted by Crippen LogP contribution is -2.37. The third kappa shape index (κ3) is 1.89. The maximum Gasteiger partial charge on any atom is 0.509 e. The summed E-state index contributed by atoms with van der Waals surface area (Å²) >= 11 is 0. The Kier molecular flexibility index (Phi) is 2.55. The summed E-state index contributed by atoms with van der Waals surface area (Å²) in [5.41, 5.74) is 4.32. The van der Waals surface area contributed by atoms with E-state index in [2.05, 4.69) is 0 Å². The molecular formula is C8H8BF3NO-. The van der Waals surface area contributed by atoms with E-state index in [-0.39, 0.29) is 16.8 Å². The van der Waals surface area contributed by atoms with Gasteiger partial charge in [-0.15, -0.1) is 5.46 Å². The summed E-state index contributed by atoms with van der Waals surface area (Å²) < 4.78 is 37.3. The summed E-state index contributed by atoms with van der Waals surface area (Å²) in [6, 6.07) is 2.08. The Morgan fingerprint density at radius 3 is 2.36 bits per heavy atom. The van der Waals surface area contributed by atoms with Gasteiger partial charge in [-0.05, 0) is 13.0 Å². The molecule has 0 radical (unpaired) electrons. The molecule has 0 spiro atoms. The Hall–Kier alpha value is -1.46. The first-order valence-corrected chi connectivity index (χ1v) is 3.91. The molecule has 14 heavy (non-hydrogen) atoms. The fourth-order valence-corrected chi connectivity index (χ4v) is 1.25. The smallest absolute Gasteiger partial charge is 0.445 e. The summed E-state index contributed by atoms with van der Waals surface area (Å²) in [7, 11) is 0. The highest BCUT2D eigenvalue weighted by Gasteiger charge is 2.28. The molecule has 0 saturated carbocycles. The Bertz CT molecular complexity index is 376. The maximum absolute atomic E-state index is 12.4. The van der Waals surface area contributed by atoms with Crippen molar-refractivity contribution in [2.24, 2.45) is 0 Å². The topological polar surface area (TPSA) is 43.1 Å². The zero-order valence-electron chi connectivity index (χ0n) is 7.43. The molecule has 0 unspecified atom stereocenters. The minimum absolute atomic E-state index is 0.0146. The van der Waals surface area contributed by atoms with E-state index in [9.17, 15) is 17.7 Å².